The van der Waals surface area contributed by atoms with E-state index in [0.29, 0.717) is 0 Å². The molecule has 0 aliphatic carbocycles. The molecule has 2 aromatic rings. The zero-order valence-corrected chi connectivity index (χ0v) is 12.6. The monoisotopic (exact) mass is 290 g/mol. The van der Waals surface area contributed by atoms with E-state index in [0.717, 1.165) is 56.1 Å². The molecule has 0 saturated carbocycles. The van der Waals surface area contributed by atoms with Gasteiger partial charge in [0, 0.05) is 45.3 Å². The van der Waals surface area contributed by atoms with Crippen LogP contribution in [0, 0.1) is 0 Å². The maximum atomic E-state index is 12.1. The fraction of sp³-hybridized carbons (Fsp3) is 0.533. The van der Waals surface area contributed by atoms with Gasteiger partial charge in [-0.25, -0.2) is 4.79 Å². The minimum atomic E-state index is -0.0487. The van der Waals surface area contributed by atoms with Gasteiger partial charge in [-0.3, -0.25) is 9.47 Å². The highest BCUT2D eigenvalue weighted by molar-refractivity contribution is 5.76. The van der Waals surface area contributed by atoms with E-state index in [1.807, 2.05) is 22.8 Å². The molecular formula is C15H22N4O2. The molecule has 0 atom stereocenters. The van der Waals surface area contributed by atoms with Crippen LogP contribution in [-0.4, -0.2) is 66.2 Å². The van der Waals surface area contributed by atoms with Crippen molar-refractivity contribution in [3.8, 4) is 5.75 Å². The number of benzene rings is 1. The summed E-state index contributed by atoms with van der Waals surface area (Å²) < 4.78 is 7.01. The Labute approximate surface area is 123 Å². The standard InChI is InChI=1S/C15H22N4O2/c1-17-5-7-18(8-6-17)9-10-19-14-4-3-12(21-2)11-13(14)16-15(19)20/h3-4,11H,5-10H2,1-2H3,(H,16,20). The quantitative estimate of drug-likeness (QED) is 0.895. The Hall–Kier alpha value is -1.79. The fourth-order valence-electron chi connectivity index (χ4n) is 2.80. The molecule has 1 saturated heterocycles. The van der Waals surface area contributed by atoms with Crippen LogP contribution in [0.25, 0.3) is 11.0 Å². The number of imidazole rings is 1. The van der Waals surface area contributed by atoms with Gasteiger partial charge in [0.15, 0.2) is 0 Å². The van der Waals surface area contributed by atoms with Crippen molar-refractivity contribution in [3.63, 3.8) is 0 Å². The Morgan fingerprint density at radius 1 is 1.19 bits per heavy atom. The SMILES string of the molecule is COc1ccc2c(c1)[nH]c(=O)n2CCN1CCN(C)CC1. The predicted octanol–water partition coefficient (Wildman–Crippen LogP) is 0.586. The van der Waals surface area contributed by atoms with Gasteiger partial charge in [-0.15, -0.1) is 0 Å². The highest BCUT2D eigenvalue weighted by atomic mass is 16.5. The normalized spacial score (nSPS) is 17.4. The lowest BCUT2D eigenvalue weighted by Gasteiger charge is -2.32. The summed E-state index contributed by atoms with van der Waals surface area (Å²) in [6, 6.07) is 5.70. The third-order valence-corrected chi connectivity index (χ3v) is 4.22. The Balaban J connectivity index is 1.74. The Bertz CT molecular complexity index is 668. The largest absolute Gasteiger partial charge is 0.497 e. The first-order valence-electron chi connectivity index (χ1n) is 7.35. The van der Waals surface area contributed by atoms with Gasteiger partial charge < -0.3 is 14.6 Å². The zero-order valence-electron chi connectivity index (χ0n) is 12.6. The third-order valence-electron chi connectivity index (χ3n) is 4.22. The number of fused-ring (bicyclic) bond motifs is 1. The molecule has 1 fully saturated rings. The molecule has 6 heteroatoms. The molecule has 1 aliphatic heterocycles. The number of aromatic nitrogens is 2. The van der Waals surface area contributed by atoms with E-state index < -0.39 is 0 Å². The van der Waals surface area contributed by atoms with E-state index in [2.05, 4.69) is 21.8 Å². The van der Waals surface area contributed by atoms with Crippen molar-refractivity contribution in [2.24, 2.45) is 0 Å². The minimum Gasteiger partial charge on any atom is -0.497 e. The molecule has 1 aromatic carbocycles. The van der Waals surface area contributed by atoms with E-state index >= 15 is 0 Å². The second-order valence-corrected chi connectivity index (χ2v) is 5.61. The molecule has 2 heterocycles. The smallest absolute Gasteiger partial charge is 0.326 e. The van der Waals surface area contributed by atoms with Crippen molar-refractivity contribution in [1.29, 1.82) is 0 Å². The van der Waals surface area contributed by atoms with Gasteiger partial charge in [0.25, 0.3) is 0 Å². The molecule has 6 nitrogen and oxygen atoms in total. The van der Waals surface area contributed by atoms with Crippen molar-refractivity contribution < 1.29 is 4.74 Å². The first-order chi connectivity index (χ1) is 10.2. The van der Waals surface area contributed by atoms with Gasteiger partial charge in [-0.2, -0.15) is 0 Å². The van der Waals surface area contributed by atoms with Crippen LogP contribution in [0.3, 0.4) is 0 Å². The summed E-state index contributed by atoms with van der Waals surface area (Å²) in [7, 11) is 3.78. The number of hydrogen-bond donors (Lipinski definition) is 1. The summed E-state index contributed by atoms with van der Waals surface area (Å²) in [6.07, 6.45) is 0. The molecule has 3 rings (SSSR count). The minimum absolute atomic E-state index is 0.0487. The molecule has 0 unspecified atom stereocenters. The lowest BCUT2D eigenvalue weighted by Crippen LogP contribution is -2.45. The van der Waals surface area contributed by atoms with Crippen LogP contribution >= 0.6 is 0 Å². The average Bonchev–Trinajstić information content (AvgIpc) is 2.81. The molecule has 0 spiro atoms. The van der Waals surface area contributed by atoms with Crippen LogP contribution in [0.2, 0.25) is 0 Å². The van der Waals surface area contributed by atoms with Crippen molar-refractivity contribution >= 4 is 11.0 Å². The van der Waals surface area contributed by atoms with Gasteiger partial charge in [-0.05, 0) is 19.2 Å². The Morgan fingerprint density at radius 3 is 2.67 bits per heavy atom. The van der Waals surface area contributed by atoms with Crippen LogP contribution < -0.4 is 10.4 Å². The van der Waals surface area contributed by atoms with E-state index in [1.165, 1.54) is 0 Å². The topological polar surface area (TPSA) is 53.5 Å². The number of hydrogen-bond acceptors (Lipinski definition) is 4. The number of methoxy groups -OCH3 is 1. The number of H-pyrrole nitrogens is 1. The van der Waals surface area contributed by atoms with Gasteiger partial charge in [0.05, 0.1) is 18.1 Å². The zero-order chi connectivity index (χ0) is 14.8. The van der Waals surface area contributed by atoms with E-state index in [9.17, 15) is 4.79 Å². The molecule has 114 valence electrons. The van der Waals surface area contributed by atoms with E-state index in [4.69, 9.17) is 4.74 Å². The van der Waals surface area contributed by atoms with Crippen molar-refractivity contribution in [2.75, 3.05) is 46.9 Å². The van der Waals surface area contributed by atoms with Crippen molar-refractivity contribution in [1.82, 2.24) is 19.4 Å². The van der Waals surface area contributed by atoms with E-state index in [1.54, 1.807) is 7.11 Å². The summed E-state index contributed by atoms with van der Waals surface area (Å²) in [5.74, 6) is 0.759. The maximum Gasteiger partial charge on any atom is 0.326 e. The maximum absolute atomic E-state index is 12.1. The van der Waals surface area contributed by atoms with Gasteiger partial charge in [0.1, 0.15) is 5.75 Å². The van der Waals surface area contributed by atoms with Crippen LogP contribution in [0.15, 0.2) is 23.0 Å². The van der Waals surface area contributed by atoms with Crippen LogP contribution in [-0.2, 0) is 6.54 Å². The molecule has 1 N–H and O–H groups in total. The van der Waals surface area contributed by atoms with E-state index in [-0.39, 0.29) is 5.69 Å². The van der Waals surface area contributed by atoms with Crippen molar-refractivity contribution in [2.45, 2.75) is 6.54 Å². The van der Waals surface area contributed by atoms with Crippen LogP contribution in [0.4, 0.5) is 0 Å². The number of rotatable bonds is 4. The third kappa shape index (κ3) is 2.96. The lowest BCUT2D eigenvalue weighted by atomic mass is 10.3. The molecule has 1 aromatic heterocycles. The molecule has 21 heavy (non-hydrogen) atoms. The number of nitrogens with zero attached hydrogens (tertiary/aromatic N) is 3. The highest BCUT2D eigenvalue weighted by Crippen LogP contribution is 2.18. The number of ether oxygens (including phenoxy) is 1. The van der Waals surface area contributed by atoms with Gasteiger partial charge in [0.2, 0.25) is 0 Å². The van der Waals surface area contributed by atoms with Crippen LogP contribution in [0.5, 0.6) is 5.75 Å². The summed E-state index contributed by atoms with van der Waals surface area (Å²) in [4.78, 5) is 19.7. The second-order valence-electron chi connectivity index (χ2n) is 5.61. The van der Waals surface area contributed by atoms with Gasteiger partial charge in [-0.1, -0.05) is 0 Å². The average molecular weight is 290 g/mol. The first kappa shape index (κ1) is 14.2. The number of piperazine rings is 1. The second kappa shape index (κ2) is 5.91. The molecule has 1 aliphatic rings. The highest BCUT2D eigenvalue weighted by Gasteiger charge is 2.14. The fourth-order valence-corrected chi connectivity index (χ4v) is 2.80. The van der Waals surface area contributed by atoms with Crippen molar-refractivity contribution in [3.05, 3.63) is 28.7 Å². The molecule has 0 amide bonds. The Kier molecular flexibility index (Phi) is 3.98. The Morgan fingerprint density at radius 2 is 1.95 bits per heavy atom. The molecule has 0 radical (unpaired) electrons. The molecular weight excluding hydrogens is 268 g/mol. The first-order valence-corrected chi connectivity index (χ1v) is 7.35. The summed E-state index contributed by atoms with van der Waals surface area (Å²) >= 11 is 0. The summed E-state index contributed by atoms with van der Waals surface area (Å²) in [5, 5.41) is 0. The van der Waals surface area contributed by atoms with Gasteiger partial charge >= 0.3 is 5.69 Å². The lowest BCUT2D eigenvalue weighted by molar-refractivity contribution is 0.150. The number of aromatic amines is 1. The molecule has 0 bridgehead atoms. The summed E-state index contributed by atoms with van der Waals surface area (Å²) in [5.41, 5.74) is 1.72. The summed E-state index contributed by atoms with van der Waals surface area (Å²) in [6.45, 7) is 5.96. The number of likely N-dealkylation sites (N-methyl/N-ethyl adjacent to an activating group) is 1. The number of nitrogens with one attached hydrogen (secondary N) is 1. The van der Waals surface area contributed by atoms with Crippen LogP contribution in [0.1, 0.15) is 0 Å². The predicted molar refractivity (Wildman–Crippen MR) is 83.0 cm³/mol.